The number of nitrogens with zero attached hydrogens (tertiary/aromatic N) is 5. The lowest BCUT2D eigenvalue weighted by Gasteiger charge is -2.10. The second-order valence-electron chi connectivity index (χ2n) is 14.0. The third-order valence-electron chi connectivity index (χ3n) is 10.6. The largest absolute Gasteiger partial charge is 0.456 e. The zero-order chi connectivity index (χ0) is 37.5. The molecule has 5 aromatic heterocycles. The molecule has 0 unspecified atom stereocenters. The van der Waals surface area contributed by atoms with Crippen LogP contribution >= 0.6 is 11.3 Å². The summed E-state index contributed by atoms with van der Waals surface area (Å²) in [5.74, 6) is 2.46. The molecule has 0 aliphatic rings. The molecule has 0 aliphatic carbocycles. The molecule has 5 heterocycles. The molecule has 0 N–H and O–H groups in total. The fraction of sp³-hybridized carbons (Fsp3) is 0. The van der Waals surface area contributed by atoms with Crippen molar-refractivity contribution in [3.05, 3.63) is 164 Å². The van der Waals surface area contributed by atoms with Crippen LogP contribution in [-0.4, -0.2) is 24.9 Å². The fourth-order valence-electron chi connectivity index (χ4n) is 7.87. The average molecular weight is 750 g/mol. The van der Waals surface area contributed by atoms with Gasteiger partial charge in [0.15, 0.2) is 28.9 Å². The zero-order valence-electron chi connectivity index (χ0n) is 30.0. The van der Waals surface area contributed by atoms with Crippen LogP contribution < -0.4 is 0 Å². The Morgan fingerprint density at radius 2 is 1.00 bits per heavy atom. The Balaban J connectivity index is 1.03. The van der Waals surface area contributed by atoms with Gasteiger partial charge in [-0.05, 0) is 48.5 Å². The van der Waals surface area contributed by atoms with Gasteiger partial charge in [0.2, 0.25) is 0 Å². The number of furan rings is 2. The van der Waals surface area contributed by atoms with Gasteiger partial charge in [-0.3, -0.25) is 0 Å². The van der Waals surface area contributed by atoms with Gasteiger partial charge in [-0.1, -0.05) is 115 Å². The maximum Gasteiger partial charge on any atom is 0.180 e. The van der Waals surface area contributed by atoms with E-state index >= 15 is 0 Å². The van der Waals surface area contributed by atoms with Gasteiger partial charge in [0.05, 0.1) is 0 Å². The Labute approximate surface area is 328 Å². The summed E-state index contributed by atoms with van der Waals surface area (Å²) in [6.07, 6.45) is 0. The second-order valence-corrected chi connectivity index (χ2v) is 15.1. The molecular weight excluding hydrogens is 723 g/mol. The molecule has 0 atom stereocenters. The number of hydrogen-bond acceptors (Lipinski definition) is 8. The molecule has 0 bridgehead atoms. The molecule has 0 saturated heterocycles. The van der Waals surface area contributed by atoms with Crippen molar-refractivity contribution in [2.24, 2.45) is 0 Å². The van der Waals surface area contributed by atoms with E-state index in [2.05, 4.69) is 66.7 Å². The first-order valence-electron chi connectivity index (χ1n) is 18.7. The van der Waals surface area contributed by atoms with Crippen molar-refractivity contribution >= 4 is 75.5 Å². The highest BCUT2D eigenvalue weighted by atomic mass is 32.1. The lowest BCUT2D eigenvalue weighted by atomic mass is 10.0. The van der Waals surface area contributed by atoms with Crippen LogP contribution in [0.1, 0.15) is 0 Å². The predicted molar refractivity (Wildman–Crippen MR) is 230 cm³/mol. The minimum absolute atomic E-state index is 0.596. The molecule has 266 valence electrons. The van der Waals surface area contributed by atoms with Crippen molar-refractivity contribution in [1.82, 2.24) is 24.9 Å². The van der Waals surface area contributed by atoms with E-state index < -0.39 is 0 Å². The number of rotatable bonds is 5. The van der Waals surface area contributed by atoms with Crippen molar-refractivity contribution in [2.45, 2.75) is 0 Å². The van der Waals surface area contributed by atoms with Crippen LogP contribution in [0, 0.1) is 0 Å². The number of hydrogen-bond donors (Lipinski definition) is 0. The van der Waals surface area contributed by atoms with Gasteiger partial charge in [-0.15, -0.1) is 11.3 Å². The Kier molecular flexibility index (Phi) is 6.96. The van der Waals surface area contributed by atoms with Crippen LogP contribution in [0.5, 0.6) is 0 Å². The Hall–Kier alpha value is -7.55. The number of benzene rings is 7. The molecule has 12 aromatic rings. The van der Waals surface area contributed by atoms with Crippen LogP contribution in [0.15, 0.2) is 173 Å². The quantitative estimate of drug-likeness (QED) is 0.173. The Morgan fingerprint density at radius 3 is 1.82 bits per heavy atom. The van der Waals surface area contributed by atoms with E-state index in [1.54, 1.807) is 11.3 Å². The normalized spacial score (nSPS) is 11.9. The molecule has 0 amide bonds. The summed E-state index contributed by atoms with van der Waals surface area (Å²) < 4.78 is 14.7. The number of para-hydroxylation sites is 2. The third kappa shape index (κ3) is 5.15. The van der Waals surface area contributed by atoms with E-state index in [0.717, 1.165) is 92.1 Å². The SMILES string of the molecule is c1ccc(-c2nc(-c3ccc4oc5ccccc5c4c3)nc(-c3cccc4sc5cc(-c6nc(-c7ccccc7)c7oc8ccccc8c7n6)ccc5c34)n2)cc1. The van der Waals surface area contributed by atoms with E-state index in [4.69, 9.17) is 33.8 Å². The first-order valence-corrected chi connectivity index (χ1v) is 19.5. The highest BCUT2D eigenvalue weighted by molar-refractivity contribution is 7.26. The number of fused-ring (bicyclic) bond motifs is 9. The summed E-state index contributed by atoms with van der Waals surface area (Å²) in [6.45, 7) is 0. The lowest BCUT2D eigenvalue weighted by molar-refractivity contribution is 0.667. The van der Waals surface area contributed by atoms with E-state index in [1.165, 1.54) is 0 Å². The van der Waals surface area contributed by atoms with Crippen LogP contribution in [0.3, 0.4) is 0 Å². The standard InChI is InChI=1S/C49H27N5O2S/c1-3-12-28(13-4-1)43-45-44(33-17-8-10-20-38(33)56-45)51-47(50-43)31-22-24-34-41(27-31)57-40-21-11-18-35(42(34)40)49-53-46(29-14-5-2-6-15-29)52-48(54-49)30-23-25-39-36(26-30)32-16-7-9-19-37(32)55-39/h1-27H. The van der Waals surface area contributed by atoms with Gasteiger partial charge >= 0.3 is 0 Å². The van der Waals surface area contributed by atoms with Crippen LogP contribution in [0.2, 0.25) is 0 Å². The monoisotopic (exact) mass is 749 g/mol. The smallest absolute Gasteiger partial charge is 0.180 e. The maximum absolute atomic E-state index is 6.36. The van der Waals surface area contributed by atoms with Crippen LogP contribution in [0.25, 0.3) is 121 Å². The molecule has 57 heavy (non-hydrogen) atoms. The Morgan fingerprint density at radius 1 is 0.368 bits per heavy atom. The fourth-order valence-corrected chi connectivity index (χ4v) is 9.04. The molecule has 7 aromatic carbocycles. The van der Waals surface area contributed by atoms with Crippen molar-refractivity contribution in [3.63, 3.8) is 0 Å². The van der Waals surface area contributed by atoms with Crippen molar-refractivity contribution < 1.29 is 8.83 Å². The summed E-state index contributed by atoms with van der Waals surface area (Å²) in [4.78, 5) is 25.6. The first-order chi connectivity index (χ1) is 28.2. The number of thiophene rings is 1. The highest BCUT2D eigenvalue weighted by Crippen LogP contribution is 2.42. The van der Waals surface area contributed by atoms with E-state index in [-0.39, 0.29) is 0 Å². The summed E-state index contributed by atoms with van der Waals surface area (Å²) in [5.41, 5.74) is 9.36. The average Bonchev–Trinajstić information content (AvgIpc) is 3.97. The molecule has 0 saturated carbocycles. The topological polar surface area (TPSA) is 90.7 Å². The zero-order valence-corrected chi connectivity index (χ0v) is 30.9. The number of aromatic nitrogens is 5. The third-order valence-corrected chi connectivity index (χ3v) is 11.7. The van der Waals surface area contributed by atoms with Gasteiger partial charge in [0, 0.05) is 64.1 Å². The van der Waals surface area contributed by atoms with E-state index in [0.29, 0.717) is 28.9 Å². The molecule has 0 fully saturated rings. The van der Waals surface area contributed by atoms with E-state index in [9.17, 15) is 0 Å². The van der Waals surface area contributed by atoms with Gasteiger partial charge < -0.3 is 8.83 Å². The van der Waals surface area contributed by atoms with Crippen LogP contribution in [0.4, 0.5) is 0 Å². The molecular formula is C49H27N5O2S. The predicted octanol–water partition coefficient (Wildman–Crippen LogP) is 13.2. The first kappa shape index (κ1) is 31.8. The van der Waals surface area contributed by atoms with Crippen molar-refractivity contribution in [1.29, 1.82) is 0 Å². The van der Waals surface area contributed by atoms with Gasteiger partial charge in [-0.2, -0.15) is 0 Å². The van der Waals surface area contributed by atoms with Crippen molar-refractivity contribution in [3.8, 4) is 56.8 Å². The van der Waals surface area contributed by atoms with Gasteiger partial charge in [0.1, 0.15) is 28.0 Å². The lowest BCUT2D eigenvalue weighted by Crippen LogP contribution is -2.00. The summed E-state index contributed by atoms with van der Waals surface area (Å²) in [7, 11) is 0. The molecule has 0 spiro atoms. The van der Waals surface area contributed by atoms with Gasteiger partial charge in [-0.25, -0.2) is 24.9 Å². The minimum atomic E-state index is 0.596. The van der Waals surface area contributed by atoms with E-state index in [1.807, 2.05) is 97.1 Å². The van der Waals surface area contributed by atoms with Gasteiger partial charge in [0.25, 0.3) is 0 Å². The van der Waals surface area contributed by atoms with Crippen molar-refractivity contribution in [2.75, 3.05) is 0 Å². The highest BCUT2D eigenvalue weighted by Gasteiger charge is 2.21. The summed E-state index contributed by atoms with van der Waals surface area (Å²) in [6, 6.07) is 55.3. The molecule has 7 nitrogen and oxygen atoms in total. The van der Waals surface area contributed by atoms with Crippen LogP contribution in [-0.2, 0) is 0 Å². The minimum Gasteiger partial charge on any atom is -0.456 e. The summed E-state index contributed by atoms with van der Waals surface area (Å²) >= 11 is 1.74. The summed E-state index contributed by atoms with van der Waals surface area (Å²) in [5, 5.41) is 5.25. The maximum atomic E-state index is 6.36. The Bertz CT molecular complexity index is 3540. The molecule has 8 heteroatoms. The molecule has 0 aliphatic heterocycles. The second kappa shape index (κ2) is 12.5. The molecule has 0 radical (unpaired) electrons. The molecule has 12 rings (SSSR count).